The maximum atomic E-state index is 12.4. The number of nitro benzene ring substituents is 1. The standard InChI is InChI=1S/C18H13N3O5S/c1-20-16(22)15(10-11-2-8-14(9-3-11)21(25)26)27-18(20)19-13-6-4-12(5-7-13)17(23)24/h2-10H,1H3,(H,23,24)/p-1/b15-10-,19-18?. The highest BCUT2D eigenvalue weighted by molar-refractivity contribution is 8.18. The molecule has 0 atom stereocenters. The fraction of sp³-hybridized carbons (Fsp3) is 0.0556. The normalized spacial score (nSPS) is 16.9. The van der Waals surface area contributed by atoms with Gasteiger partial charge in [0, 0.05) is 19.2 Å². The molecule has 0 radical (unpaired) electrons. The summed E-state index contributed by atoms with van der Waals surface area (Å²) in [4.78, 5) is 39.6. The van der Waals surface area contributed by atoms with Gasteiger partial charge in [-0.3, -0.25) is 19.8 Å². The summed E-state index contributed by atoms with van der Waals surface area (Å²) in [7, 11) is 1.58. The number of hydrogen-bond acceptors (Lipinski definition) is 7. The third kappa shape index (κ3) is 4.04. The second-order valence-electron chi connectivity index (χ2n) is 5.55. The van der Waals surface area contributed by atoms with Gasteiger partial charge in [0.15, 0.2) is 5.17 Å². The summed E-state index contributed by atoms with van der Waals surface area (Å²) < 4.78 is 0. The molecule has 2 aromatic carbocycles. The average Bonchev–Trinajstić information content (AvgIpc) is 2.90. The minimum Gasteiger partial charge on any atom is -0.545 e. The summed E-state index contributed by atoms with van der Waals surface area (Å²) in [5, 5.41) is 21.9. The molecular weight excluding hydrogens is 370 g/mol. The molecule has 0 aliphatic carbocycles. The topological polar surface area (TPSA) is 116 Å². The van der Waals surface area contributed by atoms with Gasteiger partial charge in [0.25, 0.3) is 11.6 Å². The van der Waals surface area contributed by atoms with Crippen molar-refractivity contribution in [3.8, 4) is 0 Å². The van der Waals surface area contributed by atoms with Crippen LogP contribution in [-0.2, 0) is 4.79 Å². The third-order valence-corrected chi connectivity index (χ3v) is 4.79. The van der Waals surface area contributed by atoms with Gasteiger partial charge in [-0.25, -0.2) is 4.99 Å². The first-order valence-electron chi connectivity index (χ1n) is 7.67. The van der Waals surface area contributed by atoms with Gasteiger partial charge in [-0.1, -0.05) is 12.1 Å². The largest absolute Gasteiger partial charge is 0.545 e. The number of hydrogen-bond donors (Lipinski definition) is 0. The van der Waals surface area contributed by atoms with Crippen molar-refractivity contribution in [2.75, 3.05) is 7.05 Å². The van der Waals surface area contributed by atoms with Crippen molar-refractivity contribution in [1.82, 2.24) is 4.90 Å². The number of carbonyl (C=O) groups is 2. The van der Waals surface area contributed by atoms with E-state index in [0.29, 0.717) is 21.3 Å². The minimum atomic E-state index is -1.27. The minimum absolute atomic E-state index is 0.0260. The van der Waals surface area contributed by atoms with Crippen LogP contribution in [0.15, 0.2) is 58.4 Å². The Morgan fingerprint density at radius 1 is 1.15 bits per heavy atom. The predicted molar refractivity (Wildman–Crippen MR) is 99.3 cm³/mol. The second kappa shape index (κ2) is 7.42. The van der Waals surface area contributed by atoms with E-state index < -0.39 is 10.9 Å². The van der Waals surface area contributed by atoms with Crippen LogP contribution in [0, 0.1) is 10.1 Å². The fourth-order valence-corrected chi connectivity index (χ4v) is 3.26. The number of thioether (sulfide) groups is 1. The Morgan fingerprint density at radius 2 is 1.78 bits per heavy atom. The lowest BCUT2D eigenvalue weighted by Gasteiger charge is -2.07. The molecule has 8 nitrogen and oxygen atoms in total. The number of non-ortho nitro benzene ring substituents is 1. The Kier molecular flexibility index (Phi) is 5.04. The first-order valence-corrected chi connectivity index (χ1v) is 8.49. The maximum absolute atomic E-state index is 12.4. The van der Waals surface area contributed by atoms with Gasteiger partial charge in [-0.2, -0.15) is 0 Å². The van der Waals surface area contributed by atoms with E-state index in [2.05, 4.69) is 4.99 Å². The van der Waals surface area contributed by atoms with Crippen molar-refractivity contribution in [3.05, 3.63) is 74.7 Å². The number of carbonyl (C=O) groups excluding carboxylic acids is 2. The number of nitrogens with zero attached hydrogens (tertiary/aromatic N) is 3. The van der Waals surface area contributed by atoms with E-state index in [1.165, 1.54) is 41.3 Å². The van der Waals surface area contributed by atoms with Gasteiger partial charge in [0.2, 0.25) is 0 Å². The third-order valence-electron chi connectivity index (χ3n) is 3.73. The van der Waals surface area contributed by atoms with Crippen LogP contribution in [0.25, 0.3) is 6.08 Å². The first kappa shape index (κ1) is 18.3. The number of amidine groups is 1. The zero-order valence-corrected chi connectivity index (χ0v) is 14.8. The van der Waals surface area contributed by atoms with Crippen molar-refractivity contribution in [1.29, 1.82) is 0 Å². The average molecular weight is 382 g/mol. The molecule has 1 fully saturated rings. The van der Waals surface area contributed by atoms with E-state index in [1.807, 2.05) is 0 Å². The molecule has 0 saturated carbocycles. The number of rotatable bonds is 4. The monoisotopic (exact) mass is 382 g/mol. The summed E-state index contributed by atoms with van der Waals surface area (Å²) >= 11 is 1.16. The van der Waals surface area contributed by atoms with Gasteiger partial charge in [-0.15, -0.1) is 0 Å². The smallest absolute Gasteiger partial charge is 0.269 e. The number of likely N-dealkylation sites (N-methyl/N-ethyl adjacent to an activating group) is 1. The molecular formula is C18H12N3O5S-. The summed E-state index contributed by atoms with van der Waals surface area (Å²) in [5.74, 6) is -1.52. The molecule has 1 saturated heterocycles. The quantitative estimate of drug-likeness (QED) is 0.455. The Morgan fingerprint density at radius 3 is 2.33 bits per heavy atom. The number of aliphatic imine (C=N–C) groups is 1. The van der Waals surface area contributed by atoms with Crippen LogP contribution in [0.1, 0.15) is 15.9 Å². The highest BCUT2D eigenvalue weighted by Gasteiger charge is 2.30. The van der Waals surface area contributed by atoms with Gasteiger partial charge in [0.05, 0.1) is 21.5 Å². The van der Waals surface area contributed by atoms with Crippen molar-refractivity contribution >= 4 is 46.3 Å². The Labute approximate surface area is 158 Å². The predicted octanol–water partition coefficient (Wildman–Crippen LogP) is 2.19. The highest BCUT2D eigenvalue weighted by Crippen LogP contribution is 2.33. The number of aromatic carboxylic acids is 1. The highest BCUT2D eigenvalue weighted by atomic mass is 32.2. The van der Waals surface area contributed by atoms with Gasteiger partial charge in [-0.05, 0) is 53.2 Å². The Hall–Kier alpha value is -3.46. The van der Waals surface area contributed by atoms with Crippen LogP contribution >= 0.6 is 11.8 Å². The maximum Gasteiger partial charge on any atom is 0.269 e. The van der Waals surface area contributed by atoms with Crippen LogP contribution in [0.4, 0.5) is 11.4 Å². The van der Waals surface area contributed by atoms with Crippen LogP contribution in [0.5, 0.6) is 0 Å². The number of nitro groups is 1. The SMILES string of the molecule is CN1C(=O)/C(=C/c2ccc([N+](=O)[O-])cc2)SC1=Nc1ccc(C(=O)[O-])cc1. The fourth-order valence-electron chi connectivity index (χ4n) is 2.28. The lowest BCUT2D eigenvalue weighted by molar-refractivity contribution is -0.384. The molecule has 1 heterocycles. The van der Waals surface area contributed by atoms with Crippen molar-refractivity contribution in [3.63, 3.8) is 0 Å². The van der Waals surface area contributed by atoms with Crippen LogP contribution in [-0.4, -0.2) is 33.9 Å². The van der Waals surface area contributed by atoms with Crippen LogP contribution in [0.3, 0.4) is 0 Å². The van der Waals surface area contributed by atoms with E-state index in [0.717, 1.165) is 11.8 Å². The van der Waals surface area contributed by atoms with Crippen LogP contribution in [0.2, 0.25) is 0 Å². The molecule has 0 N–H and O–H groups in total. The van der Waals surface area contributed by atoms with E-state index in [1.54, 1.807) is 25.3 Å². The summed E-state index contributed by atoms with van der Waals surface area (Å²) in [6, 6.07) is 11.7. The van der Waals surface area contributed by atoms with E-state index in [4.69, 9.17) is 0 Å². The number of amides is 1. The van der Waals surface area contributed by atoms with Gasteiger partial charge >= 0.3 is 0 Å². The van der Waals surface area contributed by atoms with E-state index >= 15 is 0 Å². The van der Waals surface area contributed by atoms with Crippen molar-refractivity contribution in [2.24, 2.45) is 4.99 Å². The molecule has 1 aliphatic heterocycles. The molecule has 27 heavy (non-hydrogen) atoms. The molecule has 9 heteroatoms. The molecule has 2 aromatic rings. The molecule has 136 valence electrons. The molecule has 1 aliphatic rings. The number of carboxylic acid groups (broad SMARTS) is 1. The zero-order chi connectivity index (χ0) is 19.6. The summed E-state index contributed by atoms with van der Waals surface area (Å²) in [5.41, 5.74) is 1.17. The Balaban J connectivity index is 1.83. The first-order chi connectivity index (χ1) is 12.8. The number of benzene rings is 2. The summed E-state index contributed by atoms with van der Waals surface area (Å²) in [6.45, 7) is 0. The second-order valence-corrected chi connectivity index (χ2v) is 6.56. The van der Waals surface area contributed by atoms with Crippen molar-refractivity contribution in [2.45, 2.75) is 0 Å². The molecule has 3 rings (SSSR count). The Bertz CT molecular complexity index is 981. The van der Waals surface area contributed by atoms with Crippen LogP contribution < -0.4 is 5.11 Å². The van der Waals surface area contributed by atoms with Crippen molar-refractivity contribution < 1.29 is 19.6 Å². The number of carboxylic acids is 1. The summed E-state index contributed by atoms with van der Waals surface area (Å²) in [6.07, 6.45) is 1.63. The zero-order valence-electron chi connectivity index (χ0n) is 14.0. The molecule has 0 bridgehead atoms. The molecule has 1 amide bonds. The van der Waals surface area contributed by atoms with Gasteiger partial charge < -0.3 is 9.90 Å². The van der Waals surface area contributed by atoms with E-state index in [9.17, 15) is 24.8 Å². The van der Waals surface area contributed by atoms with Gasteiger partial charge in [0.1, 0.15) is 0 Å². The van der Waals surface area contributed by atoms with E-state index in [-0.39, 0.29) is 17.2 Å². The lowest BCUT2D eigenvalue weighted by Crippen LogP contribution is -2.23. The molecule has 0 aromatic heterocycles. The lowest BCUT2D eigenvalue weighted by atomic mass is 10.2. The molecule has 0 spiro atoms. The molecule has 0 unspecified atom stereocenters.